The van der Waals surface area contributed by atoms with Crippen LogP contribution in [0.15, 0.2) is 18.2 Å². The van der Waals surface area contributed by atoms with Crippen molar-refractivity contribution in [2.24, 2.45) is 0 Å². The summed E-state index contributed by atoms with van der Waals surface area (Å²) in [6.45, 7) is -0.469. The second-order valence-electron chi connectivity index (χ2n) is 3.21. The van der Waals surface area contributed by atoms with Crippen molar-refractivity contribution >= 4 is 33.4 Å². The van der Waals surface area contributed by atoms with Crippen molar-refractivity contribution in [3.05, 3.63) is 29.0 Å². The number of carboxylic acid groups (broad SMARTS) is 1. The van der Waals surface area contributed by atoms with Gasteiger partial charge in [0, 0.05) is 0 Å². The molecule has 0 radical (unpaired) electrons. The average Bonchev–Trinajstić information content (AvgIpc) is 2.68. The van der Waals surface area contributed by atoms with Gasteiger partial charge in [-0.05, 0) is 18.2 Å². The van der Waals surface area contributed by atoms with Gasteiger partial charge in [0.15, 0.2) is 5.01 Å². The van der Waals surface area contributed by atoms with Gasteiger partial charge < -0.3 is 10.4 Å². The molecule has 1 amide bonds. The zero-order chi connectivity index (χ0) is 12.4. The van der Waals surface area contributed by atoms with Gasteiger partial charge in [0.2, 0.25) is 0 Å². The lowest BCUT2D eigenvalue weighted by Crippen LogP contribution is -2.29. The molecule has 2 N–H and O–H groups in total. The maximum atomic E-state index is 12.9. The van der Waals surface area contributed by atoms with Crippen molar-refractivity contribution in [3.8, 4) is 0 Å². The lowest BCUT2D eigenvalue weighted by molar-refractivity contribution is -0.135. The van der Waals surface area contributed by atoms with Gasteiger partial charge in [-0.3, -0.25) is 9.59 Å². The maximum absolute atomic E-state index is 12.9. The molecule has 0 saturated heterocycles. The molecule has 5 nitrogen and oxygen atoms in total. The molecule has 7 heteroatoms. The van der Waals surface area contributed by atoms with Crippen LogP contribution >= 0.6 is 11.3 Å². The Bertz CT molecular complexity index is 596. The van der Waals surface area contributed by atoms with E-state index in [1.165, 1.54) is 18.2 Å². The van der Waals surface area contributed by atoms with Crippen LogP contribution < -0.4 is 5.32 Å². The van der Waals surface area contributed by atoms with E-state index >= 15 is 0 Å². The fourth-order valence-electron chi connectivity index (χ4n) is 1.23. The van der Waals surface area contributed by atoms with Crippen molar-refractivity contribution < 1.29 is 19.1 Å². The third kappa shape index (κ3) is 2.56. The molecule has 0 aliphatic heterocycles. The molecule has 0 atom stereocenters. The first-order valence-electron chi connectivity index (χ1n) is 4.62. The highest BCUT2D eigenvalue weighted by atomic mass is 32.1. The highest BCUT2D eigenvalue weighted by Crippen LogP contribution is 2.22. The third-order valence-electron chi connectivity index (χ3n) is 1.94. The summed E-state index contributed by atoms with van der Waals surface area (Å²) >= 11 is 1.02. The van der Waals surface area contributed by atoms with E-state index in [0.717, 1.165) is 11.3 Å². The third-order valence-corrected chi connectivity index (χ3v) is 2.96. The van der Waals surface area contributed by atoms with Crippen LogP contribution in [0.5, 0.6) is 0 Å². The van der Waals surface area contributed by atoms with E-state index in [0.29, 0.717) is 10.2 Å². The predicted molar refractivity (Wildman–Crippen MR) is 59.5 cm³/mol. The summed E-state index contributed by atoms with van der Waals surface area (Å²) in [4.78, 5) is 25.7. The van der Waals surface area contributed by atoms with Crippen molar-refractivity contribution in [3.63, 3.8) is 0 Å². The van der Waals surface area contributed by atoms with Gasteiger partial charge in [0.1, 0.15) is 12.4 Å². The van der Waals surface area contributed by atoms with Crippen molar-refractivity contribution in [1.82, 2.24) is 10.3 Å². The molecular formula is C10H7FN2O3S. The number of aliphatic carboxylic acids is 1. The smallest absolute Gasteiger partial charge is 0.322 e. The Balaban J connectivity index is 2.24. The van der Waals surface area contributed by atoms with Gasteiger partial charge >= 0.3 is 5.97 Å². The van der Waals surface area contributed by atoms with Gasteiger partial charge in [-0.2, -0.15) is 0 Å². The maximum Gasteiger partial charge on any atom is 0.322 e. The Labute approximate surface area is 98.9 Å². The summed E-state index contributed by atoms with van der Waals surface area (Å²) in [7, 11) is 0. The lowest BCUT2D eigenvalue weighted by atomic mass is 10.3. The number of hydrogen-bond donors (Lipinski definition) is 2. The van der Waals surface area contributed by atoms with E-state index in [-0.39, 0.29) is 5.01 Å². The van der Waals surface area contributed by atoms with Gasteiger partial charge in [-0.15, -0.1) is 11.3 Å². The predicted octanol–water partition coefficient (Wildman–Crippen LogP) is 1.25. The molecule has 1 aromatic carbocycles. The number of fused-ring (bicyclic) bond motifs is 1. The number of nitrogens with one attached hydrogen (secondary N) is 1. The monoisotopic (exact) mass is 254 g/mol. The minimum atomic E-state index is -1.13. The molecular weight excluding hydrogens is 247 g/mol. The molecule has 0 spiro atoms. The molecule has 2 rings (SSSR count). The molecule has 17 heavy (non-hydrogen) atoms. The zero-order valence-corrected chi connectivity index (χ0v) is 9.25. The van der Waals surface area contributed by atoms with E-state index in [1.807, 2.05) is 0 Å². The van der Waals surface area contributed by atoms with Crippen LogP contribution in [0.4, 0.5) is 4.39 Å². The minimum absolute atomic E-state index is 0.117. The first-order chi connectivity index (χ1) is 8.06. The SMILES string of the molecule is O=C(O)CNC(=O)c1nc2ccc(F)cc2s1. The molecule has 0 unspecified atom stereocenters. The number of carbonyl (C=O) groups excluding carboxylic acids is 1. The van der Waals surface area contributed by atoms with Crippen LogP contribution in [-0.4, -0.2) is 28.5 Å². The Kier molecular flexibility index (Phi) is 3.01. The first kappa shape index (κ1) is 11.5. The Hall–Kier alpha value is -2.02. The number of nitrogens with zero attached hydrogens (tertiary/aromatic N) is 1. The Morgan fingerprint density at radius 1 is 1.47 bits per heavy atom. The Morgan fingerprint density at radius 2 is 2.24 bits per heavy atom. The summed E-state index contributed by atoms with van der Waals surface area (Å²) in [6, 6.07) is 4.00. The second kappa shape index (κ2) is 4.46. The second-order valence-corrected chi connectivity index (χ2v) is 4.24. The van der Waals surface area contributed by atoms with Crippen LogP contribution in [0.2, 0.25) is 0 Å². The molecule has 88 valence electrons. The van der Waals surface area contributed by atoms with E-state index in [9.17, 15) is 14.0 Å². The molecule has 0 fully saturated rings. The van der Waals surface area contributed by atoms with E-state index in [1.54, 1.807) is 0 Å². The number of aromatic nitrogens is 1. The highest BCUT2D eigenvalue weighted by Gasteiger charge is 2.13. The van der Waals surface area contributed by atoms with Crippen LogP contribution in [-0.2, 0) is 4.79 Å². The lowest BCUT2D eigenvalue weighted by Gasteiger charge is -1.96. The number of carbonyl (C=O) groups is 2. The summed E-state index contributed by atoms with van der Waals surface area (Å²) in [5.41, 5.74) is 0.511. The van der Waals surface area contributed by atoms with Crippen LogP contribution in [0.25, 0.3) is 10.2 Å². The fourth-order valence-corrected chi connectivity index (χ4v) is 2.13. The summed E-state index contributed by atoms with van der Waals surface area (Å²) in [5.74, 6) is -2.11. The van der Waals surface area contributed by atoms with Gasteiger partial charge in [0.25, 0.3) is 5.91 Å². The van der Waals surface area contributed by atoms with Gasteiger partial charge in [-0.1, -0.05) is 0 Å². The average molecular weight is 254 g/mol. The van der Waals surface area contributed by atoms with Crippen molar-refractivity contribution in [2.45, 2.75) is 0 Å². The van der Waals surface area contributed by atoms with Crippen LogP contribution in [0.3, 0.4) is 0 Å². The molecule has 2 aromatic rings. The van der Waals surface area contributed by atoms with Crippen molar-refractivity contribution in [2.75, 3.05) is 6.54 Å². The number of rotatable bonds is 3. The van der Waals surface area contributed by atoms with E-state index < -0.39 is 24.2 Å². The van der Waals surface area contributed by atoms with Crippen molar-refractivity contribution in [1.29, 1.82) is 0 Å². The van der Waals surface area contributed by atoms with Crippen LogP contribution in [0.1, 0.15) is 9.80 Å². The molecule has 0 saturated carbocycles. The Morgan fingerprint density at radius 3 is 2.94 bits per heavy atom. The highest BCUT2D eigenvalue weighted by molar-refractivity contribution is 7.20. The quantitative estimate of drug-likeness (QED) is 0.864. The molecule has 0 aliphatic carbocycles. The number of carboxylic acids is 1. The number of thiazole rings is 1. The van der Waals surface area contributed by atoms with E-state index in [2.05, 4.69) is 10.3 Å². The topological polar surface area (TPSA) is 79.3 Å². The van der Waals surface area contributed by atoms with Gasteiger partial charge in [0.05, 0.1) is 10.2 Å². The summed E-state index contributed by atoms with van der Waals surface area (Å²) in [5, 5.41) is 10.7. The van der Waals surface area contributed by atoms with Crippen LogP contribution in [0, 0.1) is 5.82 Å². The van der Waals surface area contributed by atoms with E-state index in [4.69, 9.17) is 5.11 Å². The normalized spacial score (nSPS) is 10.4. The molecule has 1 aromatic heterocycles. The number of halogens is 1. The summed E-state index contributed by atoms with van der Waals surface area (Å²) < 4.78 is 13.4. The minimum Gasteiger partial charge on any atom is -0.480 e. The molecule has 0 aliphatic rings. The largest absolute Gasteiger partial charge is 0.480 e. The molecule has 0 bridgehead atoms. The zero-order valence-electron chi connectivity index (χ0n) is 8.44. The number of benzene rings is 1. The number of hydrogen-bond acceptors (Lipinski definition) is 4. The molecule has 1 heterocycles. The number of amides is 1. The fraction of sp³-hybridized carbons (Fsp3) is 0.100. The van der Waals surface area contributed by atoms with Gasteiger partial charge in [-0.25, -0.2) is 9.37 Å². The summed E-state index contributed by atoms with van der Waals surface area (Å²) in [6.07, 6.45) is 0. The first-order valence-corrected chi connectivity index (χ1v) is 5.44. The standard InChI is InChI=1S/C10H7FN2O3S/c11-5-1-2-6-7(3-5)17-10(13-6)9(16)12-4-8(14)15/h1-3H,4H2,(H,12,16)(H,14,15).